The normalized spacial score (nSPS) is 14.6. The van der Waals surface area contributed by atoms with Gasteiger partial charge in [-0.15, -0.1) is 0 Å². The van der Waals surface area contributed by atoms with E-state index in [1.54, 1.807) is 65.0 Å². The number of aliphatic hydroxyl groups excluding tert-OH is 1. The first kappa shape index (κ1) is 29.6. The summed E-state index contributed by atoms with van der Waals surface area (Å²) in [4.78, 5) is 52.9. The molecule has 0 unspecified atom stereocenters. The Morgan fingerprint density at radius 3 is 1.95 bits per heavy atom. The number of rotatable bonds is 12. The molecule has 0 spiro atoms. The Balaban J connectivity index is 2.34. The van der Waals surface area contributed by atoms with Crippen LogP contribution >= 0.6 is 0 Å². The Labute approximate surface area is 218 Å². The molecule has 0 amide bonds. The first-order chi connectivity index (χ1) is 17.4. The van der Waals surface area contributed by atoms with Gasteiger partial charge in [-0.05, 0) is 52.2 Å². The molecule has 0 radical (unpaired) electrons. The van der Waals surface area contributed by atoms with Gasteiger partial charge in [0.15, 0.2) is 5.78 Å². The van der Waals surface area contributed by atoms with Crippen LogP contribution in [0.4, 0.5) is 4.79 Å². The molecule has 0 aliphatic heterocycles. The van der Waals surface area contributed by atoms with Crippen LogP contribution < -0.4 is 0 Å². The molecule has 3 atom stereocenters. The van der Waals surface area contributed by atoms with E-state index < -0.39 is 47.0 Å². The van der Waals surface area contributed by atoms with E-state index in [2.05, 4.69) is 0 Å². The van der Waals surface area contributed by atoms with Crippen molar-refractivity contribution in [3.63, 3.8) is 0 Å². The van der Waals surface area contributed by atoms with Gasteiger partial charge in [-0.2, -0.15) is 0 Å². The van der Waals surface area contributed by atoms with Crippen LogP contribution in [0.25, 0.3) is 0 Å². The van der Waals surface area contributed by atoms with E-state index in [1.165, 1.54) is 19.1 Å². The quantitative estimate of drug-likeness (QED) is 0.133. The maximum Gasteiger partial charge on any atom is 0.508 e. The second-order valence-corrected chi connectivity index (χ2v) is 9.66. The van der Waals surface area contributed by atoms with Gasteiger partial charge >= 0.3 is 6.16 Å². The topological polar surface area (TPSA) is 107 Å². The molecule has 0 heterocycles. The number of hydrogen-bond acceptors (Lipinski definition) is 7. The van der Waals surface area contributed by atoms with Crippen LogP contribution in [-0.4, -0.2) is 40.8 Å². The molecule has 2 rings (SSSR count). The van der Waals surface area contributed by atoms with Gasteiger partial charge in [0.1, 0.15) is 18.6 Å². The number of ether oxygens (including phenoxy) is 2. The van der Waals surface area contributed by atoms with Crippen LogP contribution in [-0.2, 0) is 25.7 Å². The Morgan fingerprint density at radius 1 is 0.892 bits per heavy atom. The first-order valence-electron chi connectivity index (χ1n) is 12.3. The van der Waals surface area contributed by atoms with Crippen molar-refractivity contribution in [1.29, 1.82) is 0 Å². The zero-order valence-electron chi connectivity index (χ0n) is 22.3. The standard InChI is InChI=1S/C30H36O7/c1-7-24(37-29(35)36-18-22-14-10-8-11-15-22)30(5,6)28(34)25(20(3)19(2)21(4)31)27(33)26(32)23-16-12-9-13-17-23/h8-17,21,24-25,31H,7,18H2,1-6H3/b20-19+/t21-,24-,25-/m0/s1. The molecule has 2 aromatic rings. The molecule has 1 N–H and O–H groups in total. The lowest BCUT2D eigenvalue weighted by Crippen LogP contribution is -2.47. The van der Waals surface area contributed by atoms with Gasteiger partial charge in [0.25, 0.3) is 0 Å². The van der Waals surface area contributed by atoms with Crippen molar-refractivity contribution in [1.82, 2.24) is 0 Å². The third-order valence-corrected chi connectivity index (χ3v) is 6.71. The van der Waals surface area contributed by atoms with Crippen molar-refractivity contribution >= 4 is 23.5 Å². The lowest BCUT2D eigenvalue weighted by molar-refractivity contribution is -0.141. The Kier molecular flexibility index (Phi) is 10.5. The molecule has 0 aliphatic carbocycles. The largest absolute Gasteiger partial charge is 0.508 e. The summed E-state index contributed by atoms with van der Waals surface area (Å²) < 4.78 is 10.7. The second kappa shape index (κ2) is 13.1. The number of aliphatic hydroxyl groups is 1. The van der Waals surface area contributed by atoms with Crippen molar-refractivity contribution in [2.24, 2.45) is 11.3 Å². The number of ketones is 3. The highest BCUT2D eigenvalue weighted by Gasteiger charge is 2.46. The summed E-state index contributed by atoms with van der Waals surface area (Å²) in [6, 6.07) is 17.1. The number of allylic oxidation sites excluding steroid dienone is 1. The highest BCUT2D eigenvalue weighted by atomic mass is 16.7. The van der Waals surface area contributed by atoms with E-state index in [-0.39, 0.29) is 18.6 Å². The molecule has 37 heavy (non-hydrogen) atoms. The summed E-state index contributed by atoms with van der Waals surface area (Å²) in [6.07, 6.45) is -2.52. The minimum absolute atomic E-state index is 0.00655. The highest BCUT2D eigenvalue weighted by Crippen LogP contribution is 2.35. The molecule has 198 valence electrons. The van der Waals surface area contributed by atoms with Gasteiger partial charge in [-0.25, -0.2) is 4.79 Å². The van der Waals surface area contributed by atoms with Gasteiger partial charge < -0.3 is 14.6 Å². The number of carbonyl (C=O) groups is 4. The molecule has 0 aliphatic rings. The van der Waals surface area contributed by atoms with E-state index in [0.717, 1.165) is 5.56 Å². The number of Topliss-reactive ketones (excluding diaryl/α,β-unsaturated/α-hetero) is 3. The Bertz CT molecular complexity index is 1130. The predicted octanol–water partition coefficient (Wildman–Crippen LogP) is 5.50. The molecule has 0 saturated carbocycles. The minimum atomic E-state index is -1.45. The molecule has 0 fully saturated rings. The van der Waals surface area contributed by atoms with E-state index in [1.807, 2.05) is 18.2 Å². The molecule has 0 saturated heterocycles. The van der Waals surface area contributed by atoms with Gasteiger partial charge in [0.05, 0.1) is 11.5 Å². The van der Waals surface area contributed by atoms with Gasteiger partial charge in [-0.1, -0.05) is 73.2 Å². The van der Waals surface area contributed by atoms with Crippen molar-refractivity contribution in [3.05, 3.63) is 82.9 Å². The van der Waals surface area contributed by atoms with Crippen LogP contribution in [0, 0.1) is 11.3 Å². The number of benzene rings is 2. The van der Waals surface area contributed by atoms with Crippen LogP contribution in [0.1, 0.15) is 63.9 Å². The Hall–Kier alpha value is -3.58. The van der Waals surface area contributed by atoms with Crippen LogP contribution in [0.2, 0.25) is 0 Å². The zero-order valence-corrected chi connectivity index (χ0v) is 22.3. The maximum atomic E-state index is 14.0. The average molecular weight is 509 g/mol. The minimum Gasteiger partial charge on any atom is -0.430 e. The van der Waals surface area contributed by atoms with Crippen LogP contribution in [0.15, 0.2) is 71.8 Å². The summed E-state index contributed by atoms with van der Waals surface area (Å²) >= 11 is 0. The molecule has 0 bridgehead atoms. The number of hydrogen-bond donors (Lipinski definition) is 1. The molecule has 2 aromatic carbocycles. The lowest BCUT2D eigenvalue weighted by Gasteiger charge is -2.34. The van der Waals surface area contributed by atoms with E-state index in [9.17, 15) is 24.3 Å². The monoisotopic (exact) mass is 508 g/mol. The van der Waals surface area contributed by atoms with E-state index in [4.69, 9.17) is 9.47 Å². The predicted molar refractivity (Wildman–Crippen MR) is 140 cm³/mol. The fraction of sp³-hybridized carbons (Fsp3) is 0.400. The lowest BCUT2D eigenvalue weighted by atomic mass is 9.71. The molecular weight excluding hydrogens is 472 g/mol. The Morgan fingerprint density at radius 2 is 1.43 bits per heavy atom. The summed E-state index contributed by atoms with van der Waals surface area (Å²) in [6.45, 7) is 9.61. The van der Waals surface area contributed by atoms with E-state index >= 15 is 0 Å². The number of carbonyl (C=O) groups excluding carboxylic acids is 4. The van der Waals surface area contributed by atoms with Crippen molar-refractivity contribution in [2.45, 2.75) is 66.8 Å². The summed E-state index contributed by atoms with van der Waals surface area (Å²) in [7, 11) is 0. The average Bonchev–Trinajstić information content (AvgIpc) is 2.90. The maximum absolute atomic E-state index is 14.0. The fourth-order valence-electron chi connectivity index (χ4n) is 4.07. The van der Waals surface area contributed by atoms with Gasteiger partial charge in [0, 0.05) is 5.56 Å². The van der Waals surface area contributed by atoms with Gasteiger partial charge in [0.2, 0.25) is 11.6 Å². The van der Waals surface area contributed by atoms with Crippen molar-refractivity contribution in [2.75, 3.05) is 0 Å². The fourth-order valence-corrected chi connectivity index (χ4v) is 4.07. The SMILES string of the molecule is CC[C@H](OC(=O)OCc1ccccc1)C(C)(C)C(=O)[C@H](C(=O)C(=O)c1ccccc1)/C(C)=C(\C)[C@H](C)O. The summed E-state index contributed by atoms with van der Waals surface area (Å²) in [5.74, 6) is -3.73. The highest BCUT2D eigenvalue weighted by molar-refractivity contribution is 6.47. The molecular formula is C30H36O7. The summed E-state index contributed by atoms with van der Waals surface area (Å²) in [5, 5.41) is 10.1. The van der Waals surface area contributed by atoms with Crippen LogP contribution in [0.5, 0.6) is 0 Å². The zero-order chi connectivity index (χ0) is 27.8. The van der Waals surface area contributed by atoms with E-state index in [0.29, 0.717) is 11.1 Å². The smallest absolute Gasteiger partial charge is 0.430 e. The third kappa shape index (κ3) is 7.46. The molecule has 0 aromatic heterocycles. The van der Waals surface area contributed by atoms with Crippen molar-refractivity contribution < 1.29 is 33.8 Å². The molecule has 7 heteroatoms. The third-order valence-electron chi connectivity index (χ3n) is 6.71. The van der Waals surface area contributed by atoms with Crippen molar-refractivity contribution in [3.8, 4) is 0 Å². The summed E-state index contributed by atoms with van der Waals surface area (Å²) in [5.41, 5.74) is 0.307. The molecule has 7 nitrogen and oxygen atoms in total. The van der Waals surface area contributed by atoms with Gasteiger partial charge in [-0.3, -0.25) is 14.4 Å². The first-order valence-corrected chi connectivity index (χ1v) is 12.3. The second-order valence-electron chi connectivity index (χ2n) is 9.66. The van der Waals surface area contributed by atoms with Crippen LogP contribution in [0.3, 0.4) is 0 Å².